The molecule has 0 saturated heterocycles. The second-order valence-corrected chi connectivity index (χ2v) is 8.45. The molecule has 25 heavy (non-hydrogen) atoms. The number of hydrogen-bond donors (Lipinski definition) is 2. The predicted octanol–water partition coefficient (Wildman–Crippen LogP) is 4.20. The second-order valence-electron chi connectivity index (χ2n) is 5.61. The number of fused-ring (bicyclic) bond motifs is 3. The molecule has 3 heterocycles. The molecular weight excluding hydrogens is 407 g/mol. The molecule has 1 aliphatic heterocycles. The third-order valence-corrected chi connectivity index (χ3v) is 6.38. The Kier molecular flexibility index (Phi) is 4.09. The first kappa shape index (κ1) is 16.9. The van der Waals surface area contributed by atoms with E-state index in [0.29, 0.717) is 32.2 Å². The van der Waals surface area contributed by atoms with Gasteiger partial charge in [0.05, 0.1) is 21.2 Å². The summed E-state index contributed by atoms with van der Waals surface area (Å²) in [6, 6.07) is 5.17. The van der Waals surface area contributed by atoms with Crippen molar-refractivity contribution in [3.63, 3.8) is 0 Å². The van der Waals surface area contributed by atoms with Crippen LogP contribution in [-0.2, 0) is 23.3 Å². The van der Waals surface area contributed by atoms with Crippen molar-refractivity contribution in [1.82, 2.24) is 14.3 Å². The molecule has 3 aromatic rings. The van der Waals surface area contributed by atoms with E-state index in [-0.39, 0.29) is 18.2 Å². The van der Waals surface area contributed by atoms with Gasteiger partial charge in [-0.3, -0.25) is 4.72 Å². The van der Waals surface area contributed by atoms with Gasteiger partial charge < -0.3 is 4.98 Å². The van der Waals surface area contributed by atoms with E-state index in [1.807, 2.05) is 0 Å². The molecule has 0 unspecified atom stereocenters. The summed E-state index contributed by atoms with van der Waals surface area (Å²) in [5.74, 6) is 0. The molecule has 0 fully saturated rings. The van der Waals surface area contributed by atoms with Gasteiger partial charge in [0.15, 0.2) is 0 Å². The number of H-pyrrole nitrogens is 1. The van der Waals surface area contributed by atoms with Gasteiger partial charge >= 0.3 is 10.2 Å². The number of benzene rings is 1. The monoisotopic (exact) mass is 416 g/mol. The Morgan fingerprint density at radius 3 is 2.80 bits per heavy atom. The molecule has 4 rings (SSSR count). The van der Waals surface area contributed by atoms with E-state index in [4.69, 9.17) is 34.8 Å². The van der Waals surface area contributed by atoms with Crippen LogP contribution in [0.2, 0.25) is 15.2 Å². The lowest BCUT2D eigenvalue weighted by Crippen LogP contribution is -2.39. The van der Waals surface area contributed by atoms with Crippen LogP contribution in [0.4, 0.5) is 5.69 Å². The average Bonchev–Trinajstić information content (AvgIpc) is 2.94. The molecular formula is C15H11Cl3N4O2S. The van der Waals surface area contributed by atoms with Crippen molar-refractivity contribution in [2.45, 2.75) is 13.1 Å². The van der Waals surface area contributed by atoms with Crippen molar-refractivity contribution in [2.24, 2.45) is 0 Å². The van der Waals surface area contributed by atoms with Gasteiger partial charge in [0.2, 0.25) is 0 Å². The highest BCUT2D eigenvalue weighted by Crippen LogP contribution is 2.40. The number of nitrogens with one attached hydrogen (secondary N) is 2. The first-order chi connectivity index (χ1) is 11.9. The van der Waals surface area contributed by atoms with E-state index in [2.05, 4.69) is 14.7 Å². The summed E-state index contributed by atoms with van der Waals surface area (Å²) >= 11 is 18.5. The number of nitrogens with zero attached hydrogens (tertiary/aromatic N) is 2. The highest BCUT2D eigenvalue weighted by atomic mass is 35.5. The third kappa shape index (κ3) is 2.86. The minimum Gasteiger partial charge on any atom is -0.358 e. The maximum atomic E-state index is 12.7. The fourth-order valence-corrected chi connectivity index (χ4v) is 4.91. The third-order valence-electron chi connectivity index (χ3n) is 4.04. The molecule has 6 nitrogen and oxygen atoms in total. The molecule has 0 atom stereocenters. The van der Waals surface area contributed by atoms with E-state index >= 15 is 0 Å². The van der Waals surface area contributed by atoms with Crippen molar-refractivity contribution in [1.29, 1.82) is 0 Å². The molecule has 10 heteroatoms. The molecule has 0 amide bonds. The summed E-state index contributed by atoms with van der Waals surface area (Å²) in [5, 5.41) is 1.76. The Labute approximate surface area is 158 Å². The number of aromatic nitrogens is 2. The SMILES string of the molecule is O=S1(=O)Nc2c(cc(Cl)c3c(Cl)c[nH]c23)CN1Cc1cccnc1Cl. The Morgan fingerprint density at radius 1 is 1.24 bits per heavy atom. The number of rotatable bonds is 2. The number of pyridine rings is 1. The van der Waals surface area contributed by atoms with Crippen LogP contribution in [0.5, 0.6) is 0 Å². The van der Waals surface area contributed by atoms with Crippen LogP contribution in [0.25, 0.3) is 10.9 Å². The maximum Gasteiger partial charge on any atom is 0.302 e. The fourth-order valence-electron chi connectivity index (χ4n) is 2.87. The van der Waals surface area contributed by atoms with Crippen LogP contribution in [0.15, 0.2) is 30.6 Å². The van der Waals surface area contributed by atoms with Crippen molar-refractivity contribution in [2.75, 3.05) is 4.72 Å². The molecule has 0 spiro atoms. The zero-order valence-electron chi connectivity index (χ0n) is 12.6. The maximum absolute atomic E-state index is 12.7. The summed E-state index contributed by atoms with van der Waals surface area (Å²) in [5.41, 5.74) is 2.38. The van der Waals surface area contributed by atoms with E-state index in [9.17, 15) is 8.42 Å². The van der Waals surface area contributed by atoms with Crippen LogP contribution < -0.4 is 4.72 Å². The van der Waals surface area contributed by atoms with Crippen LogP contribution in [-0.4, -0.2) is 22.7 Å². The minimum absolute atomic E-state index is 0.0998. The van der Waals surface area contributed by atoms with E-state index < -0.39 is 10.2 Å². The number of hydrogen-bond acceptors (Lipinski definition) is 3. The lowest BCUT2D eigenvalue weighted by Gasteiger charge is -2.30. The summed E-state index contributed by atoms with van der Waals surface area (Å²) in [7, 11) is -3.76. The quantitative estimate of drug-likeness (QED) is 0.614. The van der Waals surface area contributed by atoms with Crippen LogP contribution in [0.3, 0.4) is 0 Å². The largest absolute Gasteiger partial charge is 0.358 e. The molecule has 2 N–H and O–H groups in total. The molecule has 2 aromatic heterocycles. The Morgan fingerprint density at radius 2 is 2.04 bits per heavy atom. The van der Waals surface area contributed by atoms with Crippen molar-refractivity contribution in [3.8, 4) is 0 Å². The van der Waals surface area contributed by atoms with Gasteiger partial charge in [0.25, 0.3) is 0 Å². The fraction of sp³-hybridized carbons (Fsp3) is 0.133. The molecule has 0 bridgehead atoms. The van der Waals surface area contributed by atoms with Gasteiger partial charge in [-0.25, -0.2) is 4.98 Å². The van der Waals surface area contributed by atoms with Crippen LogP contribution in [0.1, 0.15) is 11.1 Å². The van der Waals surface area contributed by atoms with Gasteiger partial charge in [-0.2, -0.15) is 12.7 Å². The van der Waals surface area contributed by atoms with Gasteiger partial charge in [-0.05, 0) is 17.7 Å². The lowest BCUT2D eigenvalue weighted by molar-refractivity contribution is 0.400. The molecule has 1 aromatic carbocycles. The normalized spacial score (nSPS) is 16.6. The molecule has 0 saturated carbocycles. The van der Waals surface area contributed by atoms with E-state index in [0.717, 1.165) is 5.56 Å². The molecule has 1 aliphatic rings. The molecule has 130 valence electrons. The van der Waals surface area contributed by atoms with Crippen LogP contribution in [0, 0.1) is 0 Å². The first-order valence-corrected chi connectivity index (χ1v) is 9.79. The standard InChI is InChI=1S/C15H11Cl3N4O2S/c16-10-4-9-7-22(6-8-2-1-3-19-15(8)18)25(23,24)21-13(9)14-12(10)11(17)5-20-14/h1-5,20-21H,6-7H2. The van der Waals surface area contributed by atoms with Crippen molar-refractivity contribution >= 4 is 61.6 Å². The Bertz CT molecular complexity index is 1100. The van der Waals surface area contributed by atoms with Crippen molar-refractivity contribution < 1.29 is 8.42 Å². The topological polar surface area (TPSA) is 78.1 Å². The van der Waals surface area contributed by atoms with Crippen LogP contribution >= 0.6 is 34.8 Å². The minimum atomic E-state index is -3.76. The second kappa shape index (κ2) is 6.03. The predicted molar refractivity (Wildman–Crippen MR) is 99.4 cm³/mol. The highest BCUT2D eigenvalue weighted by Gasteiger charge is 2.32. The van der Waals surface area contributed by atoms with Gasteiger partial charge in [-0.1, -0.05) is 40.9 Å². The summed E-state index contributed by atoms with van der Waals surface area (Å²) in [6.07, 6.45) is 3.13. The number of aromatic amines is 1. The summed E-state index contributed by atoms with van der Waals surface area (Å²) in [4.78, 5) is 6.95. The zero-order valence-corrected chi connectivity index (χ0v) is 15.6. The number of anilines is 1. The van der Waals surface area contributed by atoms with Gasteiger partial charge in [-0.15, -0.1) is 0 Å². The van der Waals surface area contributed by atoms with Crippen molar-refractivity contribution in [3.05, 3.63) is 56.9 Å². The molecule has 0 radical (unpaired) electrons. The smallest absolute Gasteiger partial charge is 0.302 e. The summed E-state index contributed by atoms with van der Waals surface area (Å²) in [6.45, 7) is 0.255. The van der Waals surface area contributed by atoms with Gasteiger partial charge in [0, 0.05) is 36.4 Å². The zero-order chi connectivity index (χ0) is 17.8. The highest BCUT2D eigenvalue weighted by molar-refractivity contribution is 7.90. The average molecular weight is 418 g/mol. The first-order valence-electron chi connectivity index (χ1n) is 7.22. The molecule has 0 aliphatic carbocycles. The van der Waals surface area contributed by atoms with E-state index in [1.165, 1.54) is 4.31 Å². The summed E-state index contributed by atoms with van der Waals surface area (Å²) < 4.78 is 29.2. The van der Waals surface area contributed by atoms with E-state index in [1.54, 1.807) is 30.6 Å². The Balaban J connectivity index is 1.79. The number of halogens is 3. The van der Waals surface area contributed by atoms with Gasteiger partial charge in [0.1, 0.15) is 5.15 Å². The Hall–Kier alpha value is -1.51. The lowest BCUT2D eigenvalue weighted by atomic mass is 10.1.